The highest BCUT2D eigenvalue weighted by atomic mass is 19.4. The number of ether oxygens (including phenoxy) is 1. The summed E-state index contributed by atoms with van der Waals surface area (Å²) in [6.45, 7) is 3.32. The lowest BCUT2D eigenvalue weighted by Crippen LogP contribution is -2.16. The largest absolute Gasteiger partial charge is 0.573 e. The van der Waals surface area contributed by atoms with E-state index in [-0.39, 0.29) is 23.0 Å². The number of benzene rings is 1. The van der Waals surface area contributed by atoms with E-state index >= 15 is 0 Å². The van der Waals surface area contributed by atoms with E-state index in [0.29, 0.717) is 5.56 Å². The Bertz CT molecular complexity index is 551. The van der Waals surface area contributed by atoms with Crippen molar-refractivity contribution < 1.29 is 22.7 Å². The number of allylic oxidation sites excluding steroid dienone is 1. The molecule has 1 aromatic rings. The summed E-state index contributed by atoms with van der Waals surface area (Å²) in [4.78, 5) is 11.7. The van der Waals surface area contributed by atoms with Gasteiger partial charge < -0.3 is 4.74 Å². The maximum Gasteiger partial charge on any atom is 0.573 e. The van der Waals surface area contributed by atoms with Gasteiger partial charge in [-0.1, -0.05) is 26.0 Å². The third-order valence-electron chi connectivity index (χ3n) is 2.33. The first-order valence-electron chi connectivity index (χ1n) is 5.75. The van der Waals surface area contributed by atoms with Crippen LogP contribution in [0.1, 0.15) is 19.4 Å². The number of alkyl halides is 3. The molecule has 0 spiro atoms. The molecule has 1 rings (SSSR count). The molecule has 3 nitrogen and oxygen atoms in total. The topological polar surface area (TPSA) is 50.1 Å². The minimum Gasteiger partial charge on any atom is -0.406 e. The number of nitrogens with zero attached hydrogens (tertiary/aromatic N) is 1. The third kappa shape index (κ3) is 4.76. The van der Waals surface area contributed by atoms with Crippen LogP contribution >= 0.6 is 0 Å². The van der Waals surface area contributed by atoms with Crippen LogP contribution in [0.5, 0.6) is 5.75 Å². The molecule has 0 aliphatic rings. The van der Waals surface area contributed by atoms with Crippen molar-refractivity contribution >= 4 is 11.9 Å². The second-order valence-corrected chi connectivity index (χ2v) is 4.31. The molecular weight excluding hydrogens is 271 g/mol. The maximum atomic E-state index is 12.0. The smallest absolute Gasteiger partial charge is 0.406 e. The molecule has 0 aromatic heterocycles. The van der Waals surface area contributed by atoms with Gasteiger partial charge in [-0.15, -0.1) is 13.2 Å². The van der Waals surface area contributed by atoms with Gasteiger partial charge >= 0.3 is 6.36 Å². The molecule has 0 fully saturated rings. The summed E-state index contributed by atoms with van der Waals surface area (Å²) in [5.74, 6) is -1.000. The van der Waals surface area contributed by atoms with E-state index < -0.39 is 6.36 Å². The molecule has 0 bridgehead atoms. The average molecular weight is 283 g/mol. The van der Waals surface area contributed by atoms with Crippen LogP contribution in [-0.4, -0.2) is 12.1 Å². The normalized spacial score (nSPS) is 12.2. The van der Waals surface area contributed by atoms with E-state index in [2.05, 4.69) is 4.74 Å². The first-order chi connectivity index (χ1) is 9.23. The fourth-order valence-electron chi connectivity index (χ4n) is 1.40. The Morgan fingerprint density at radius 1 is 1.30 bits per heavy atom. The number of hydrogen-bond acceptors (Lipinski definition) is 3. The zero-order chi connectivity index (χ0) is 15.3. The summed E-state index contributed by atoms with van der Waals surface area (Å²) in [6.07, 6.45) is -3.41. The number of Topliss-reactive ketones (excluding diaryl/α,β-unsaturated/α-hetero) is 1. The Balaban J connectivity index is 2.94. The summed E-state index contributed by atoms with van der Waals surface area (Å²) >= 11 is 0. The lowest BCUT2D eigenvalue weighted by atomic mass is 10.00. The van der Waals surface area contributed by atoms with Crippen LogP contribution < -0.4 is 4.74 Å². The molecule has 0 unspecified atom stereocenters. The summed E-state index contributed by atoms with van der Waals surface area (Å²) in [5.41, 5.74) is 0.412. The molecule has 20 heavy (non-hydrogen) atoms. The highest BCUT2D eigenvalue weighted by molar-refractivity contribution is 6.04. The number of ketones is 1. The van der Waals surface area contributed by atoms with Gasteiger partial charge in [-0.3, -0.25) is 4.79 Å². The van der Waals surface area contributed by atoms with Crippen LogP contribution in [0.2, 0.25) is 0 Å². The van der Waals surface area contributed by atoms with Crippen LogP contribution in [0.3, 0.4) is 0 Å². The summed E-state index contributed by atoms with van der Waals surface area (Å²) < 4.78 is 39.7. The molecule has 0 heterocycles. The summed E-state index contributed by atoms with van der Waals surface area (Å²) in [6, 6.07) is 6.70. The maximum absolute atomic E-state index is 12.0. The molecule has 0 atom stereocenters. The Morgan fingerprint density at radius 2 is 1.85 bits per heavy atom. The van der Waals surface area contributed by atoms with Crippen LogP contribution in [0.4, 0.5) is 13.2 Å². The van der Waals surface area contributed by atoms with E-state index in [1.54, 1.807) is 19.9 Å². The van der Waals surface area contributed by atoms with E-state index in [0.717, 1.165) is 12.1 Å². The second kappa shape index (κ2) is 6.24. The Morgan fingerprint density at radius 3 is 2.25 bits per heavy atom. The lowest BCUT2D eigenvalue weighted by molar-refractivity contribution is -0.274. The van der Waals surface area contributed by atoms with Gasteiger partial charge in [0.15, 0.2) is 5.78 Å². The van der Waals surface area contributed by atoms with Crippen molar-refractivity contribution in [1.29, 1.82) is 5.26 Å². The van der Waals surface area contributed by atoms with Crippen molar-refractivity contribution in [2.24, 2.45) is 5.92 Å². The monoisotopic (exact) mass is 283 g/mol. The van der Waals surface area contributed by atoms with Gasteiger partial charge in [0.2, 0.25) is 0 Å². The van der Waals surface area contributed by atoms with Crippen molar-refractivity contribution in [2.75, 3.05) is 0 Å². The predicted octanol–water partition coefficient (Wildman–Crippen LogP) is 3.72. The van der Waals surface area contributed by atoms with Crippen molar-refractivity contribution in [1.82, 2.24) is 0 Å². The van der Waals surface area contributed by atoms with E-state index in [1.807, 2.05) is 0 Å². The van der Waals surface area contributed by atoms with Crippen molar-refractivity contribution in [3.8, 4) is 11.8 Å². The quantitative estimate of drug-likeness (QED) is 0.625. The highest BCUT2D eigenvalue weighted by Gasteiger charge is 2.30. The van der Waals surface area contributed by atoms with Gasteiger partial charge in [-0.05, 0) is 23.8 Å². The molecular formula is C14H12F3NO2. The molecule has 0 radical (unpaired) electrons. The average Bonchev–Trinajstić information content (AvgIpc) is 2.35. The van der Waals surface area contributed by atoms with Gasteiger partial charge in [0.25, 0.3) is 0 Å². The molecule has 0 saturated carbocycles. The first-order valence-corrected chi connectivity index (χ1v) is 5.75. The standard InChI is InChI=1S/C14H12F3NO2/c1-9(2)13(19)11(8-18)7-10-3-5-12(6-4-10)20-14(15,16)17/h3-7,9H,1-2H3/b11-7-. The Hall–Kier alpha value is -2.29. The molecule has 0 amide bonds. The van der Waals surface area contributed by atoms with Crippen molar-refractivity contribution in [3.05, 3.63) is 35.4 Å². The Kier molecular flexibility index (Phi) is 4.92. The van der Waals surface area contributed by atoms with Gasteiger partial charge in [-0.2, -0.15) is 5.26 Å². The fraction of sp³-hybridized carbons (Fsp3) is 0.286. The van der Waals surface area contributed by atoms with Crippen molar-refractivity contribution in [2.45, 2.75) is 20.2 Å². The molecule has 6 heteroatoms. The predicted molar refractivity (Wildman–Crippen MR) is 66.6 cm³/mol. The summed E-state index contributed by atoms with van der Waals surface area (Å²) in [7, 11) is 0. The van der Waals surface area contributed by atoms with Crippen LogP contribution in [-0.2, 0) is 4.79 Å². The number of carbonyl (C=O) groups excluding carboxylic acids is 1. The minimum absolute atomic E-state index is 0.0375. The third-order valence-corrected chi connectivity index (χ3v) is 2.33. The Labute approximate surface area is 114 Å². The number of carbonyl (C=O) groups is 1. The van der Waals surface area contributed by atoms with Gasteiger partial charge in [0.1, 0.15) is 11.8 Å². The van der Waals surface area contributed by atoms with E-state index in [9.17, 15) is 18.0 Å². The van der Waals surface area contributed by atoms with E-state index in [4.69, 9.17) is 5.26 Å². The van der Waals surface area contributed by atoms with Crippen LogP contribution in [0.15, 0.2) is 29.8 Å². The fourth-order valence-corrected chi connectivity index (χ4v) is 1.40. The van der Waals surface area contributed by atoms with Crippen LogP contribution in [0.25, 0.3) is 6.08 Å². The number of halogens is 3. The zero-order valence-corrected chi connectivity index (χ0v) is 10.9. The van der Waals surface area contributed by atoms with Gasteiger partial charge in [0.05, 0.1) is 5.57 Å². The molecule has 1 aromatic carbocycles. The van der Waals surface area contributed by atoms with Crippen molar-refractivity contribution in [3.63, 3.8) is 0 Å². The van der Waals surface area contributed by atoms with Gasteiger partial charge in [0, 0.05) is 5.92 Å². The molecule has 106 valence electrons. The lowest BCUT2D eigenvalue weighted by Gasteiger charge is -2.08. The molecule has 0 N–H and O–H groups in total. The van der Waals surface area contributed by atoms with Crippen LogP contribution in [0, 0.1) is 17.2 Å². The first kappa shape index (κ1) is 15.8. The highest BCUT2D eigenvalue weighted by Crippen LogP contribution is 2.23. The second-order valence-electron chi connectivity index (χ2n) is 4.31. The van der Waals surface area contributed by atoms with Gasteiger partial charge in [-0.25, -0.2) is 0 Å². The van der Waals surface area contributed by atoms with E-state index in [1.165, 1.54) is 18.2 Å². The number of hydrogen-bond donors (Lipinski definition) is 0. The number of nitriles is 1. The molecule has 0 aliphatic heterocycles. The minimum atomic E-state index is -4.75. The number of rotatable bonds is 4. The summed E-state index contributed by atoms with van der Waals surface area (Å²) in [5, 5.41) is 8.90. The molecule has 0 saturated heterocycles. The SMILES string of the molecule is CC(C)C(=O)/C(C#N)=C\c1ccc(OC(F)(F)F)cc1. The molecule has 0 aliphatic carbocycles. The zero-order valence-electron chi connectivity index (χ0n) is 10.9.